The van der Waals surface area contributed by atoms with Gasteiger partial charge in [0.25, 0.3) is 0 Å². The Labute approximate surface area is 123 Å². The first-order valence-electron chi connectivity index (χ1n) is 7.79. The van der Waals surface area contributed by atoms with Gasteiger partial charge in [0.15, 0.2) is 5.78 Å². The number of Topliss-reactive ketones (excluding diaryl/α,β-unsaturated/α-hetero) is 1. The zero-order valence-corrected chi connectivity index (χ0v) is 13.4. The average Bonchev–Trinajstić information content (AvgIpc) is 2.44. The molecule has 1 unspecified atom stereocenters. The highest BCUT2D eigenvalue weighted by Crippen LogP contribution is 2.14. The number of carbonyl (C=O) groups excluding carboxylic acids is 1. The summed E-state index contributed by atoms with van der Waals surface area (Å²) >= 11 is 0. The maximum atomic E-state index is 12.4. The SMILES string of the molecule is CCCCCCCOC(C)C(=O)c1cc(C)ccc1C. The number of rotatable bonds is 9. The number of benzene rings is 1. The Morgan fingerprint density at radius 3 is 2.55 bits per heavy atom. The van der Waals surface area contributed by atoms with E-state index in [1.54, 1.807) is 0 Å². The minimum Gasteiger partial charge on any atom is -0.370 e. The molecule has 0 fully saturated rings. The van der Waals surface area contributed by atoms with Gasteiger partial charge in [0, 0.05) is 12.2 Å². The van der Waals surface area contributed by atoms with Crippen molar-refractivity contribution in [1.82, 2.24) is 0 Å². The average molecular weight is 276 g/mol. The lowest BCUT2D eigenvalue weighted by atomic mass is 9.99. The fourth-order valence-electron chi connectivity index (χ4n) is 2.26. The molecule has 2 nitrogen and oxygen atoms in total. The monoisotopic (exact) mass is 276 g/mol. The summed E-state index contributed by atoms with van der Waals surface area (Å²) in [6.07, 6.45) is 5.70. The molecule has 0 aliphatic heterocycles. The van der Waals surface area contributed by atoms with Gasteiger partial charge in [0.05, 0.1) is 0 Å². The lowest BCUT2D eigenvalue weighted by molar-refractivity contribution is 0.0463. The molecular formula is C18H28O2. The highest BCUT2D eigenvalue weighted by Gasteiger charge is 2.17. The van der Waals surface area contributed by atoms with Crippen LogP contribution in [0.1, 0.15) is 67.4 Å². The van der Waals surface area contributed by atoms with Crippen LogP contribution in [0.15, 0.2) is 18.2 Å². The molecule has 1 rings (SSSR count). The van der Waals surface area contributed by atoms with Gasteiger partial charge in [-0.25, -0.2) is 0 Å². The van der Waals surface area contributed by atoms with Gasteiger partial charge in [-0.1, -0.05) is 50.3 Å². The Kier molecular flexibility index (Phi) is 7.53. The molecule has 20 heavy (non-hydrogen) atoms. The minimum atomic E-state index is -0.346. The maximum absolute atomic E-state index is 12.4. The third-order valence-corrected chi connectivity index (χ3v) is 3.64. The Bertz CT molecular complexity index is 423. The highest BCUT2D eigenvalue weighted by molar-refractivity contribution is 6.00. The Hall–Kier alpha value is -1.15. The van der Waals surface area contributed by atoms with Gasteiger partial charge in [0.2, 0.25) is 0 Å². The second-order valence-electron chi connectivity index (χ2n) is 5.61. The van der Waals surface area contributed by atoms with Crippen LogP contribution < -0.4 is 0 Å². The minimum absolute atomic E-state index is 0.0970. The molecule has 0 saturated carbocycles. The van der Waals surface area contributed by atoms with Crippen molar-refractivity contribution >= 4 is 5.78 Å². The molecule has 0 amide bonds. The van der Waals surface area contributed by atoms with E-state index in [2.05, 4.69) is 6.92 Å². The van der Waals surface area contributed by atoms with Crippen LogP contribution in [0.25, 0.3) is 0 Å². The smallest absolute Gasteiger partial charge is 0.191 e. The molecule has 2 heteroatoms. The molecule has 1 aromatic rings. The summed E-state index contributed by atoms with van der Waals surface area (Å²) in [5, 5.41) is 0. The zero-order valence-electron chi connectivity index (χ0n) is 13.4. The van der Waals surface area contributed by atoms with Crippen LogP contribution in [-0.2, 0) is 4.74 Å². The number of aryl methyl sites for hydroxylation is 2. The summed E-state index contributed by atoms with van der Waals surface area (Å²) in [7, 11) is 0. The van der Waals surface area contributed by atoms with Gasteiger partial charge in [0.1, 0.15) is 6.10 Å². The van der Waals surface area contributed by atoms with Crippen molar-refractivity contribution in [2.75, 3.05) is 6.61 Å². The molecular weight excluding hydrogens is 248 g/mol. The van der Waals surface area contributed by atoms with E-state index in [4.69, 9.17) is 4.74 Å². The normalized spacial score (nSPS) is 12.4. The zero-order chi connectivity index (χ0) is 15.0. The van der Waals surface area contributed by atoms with Crippen molar-refractivity contribution in [1.29, 1.82) is 0 Å². The highest BCUT2D eigenvalue weighted by atomic mass is 16.5. The van der Waals surface area contributed by atoms with Crippen LogP contribution in [0.5, 0.6) is 0 Å². The van der Waals surface area contributed by atoms with Crippen LogP contribution in [0.4, 0.5) is 0 Å². The molecule has 0 saturated heterocycles. The fourth-order valence-corrected chi connectivity index (χ4v) is 2.26. The lowest BCUT2D eigenvalue weighted by Gasteiger charge is -2.14. The summed E-state index contributed by atoms with van der Waals surface area (Å²) in [4.78, 5) is 12.4. The van der Waals surface area contributed by atoms with E-state index in [1.165, 1.54) is 25.7 Å². The number of hydrogen-bond acceptors (Lipinski definition) is 2. The molecule has 112 valence electrons. The summed E-state index contributed by atoms with van der Waals surface area (Å²) in [6.45, 7) is 8.73. The first kappa shape index (κ1) is 16.9. The van der Waals surface area contributed by atoms with Gasteiger partial charge in [-0.05, 0) is 38.8 Å². The topological polar surface area (TPSA) is 26.3 Å². The van der Waals surface area contributed by atoms with E-state index < -0.39 is 0 Å². The first-order valence-corrected chi connectivity index (χ1v) is 7.79. The van der Waals surface area contributed by atoms with Crippen molar-refractivity contribution in [3.8, 4) is 0 Å². The Morgan fingerprint density at radius 2 is 1.85 bits per heavy atom. The predicted molar refractivity (Wildman–Crippen MR) is 84.4 cm³/mol. The van der Waals surface area contributed by atoms with Gasteiger partial charge >= 0.3 is 0 Å². The van der Waals surface area contributed by atoms with E-state index in [0.29, 0.717) is 6.61 Å². The van der Waals surface area contributed by atoms with Crippen LogP contribution in [0, 0.1) is 13.8 Å². The van der Waals surface area contributed by atoms with E-state index in [-0.39, 0.29) is 11.9 Å². The summed E-state index contributed by atoms with van der Waals surface area (Å²) in [5.41, 5.74) is 2.94. The molecule has 0 spiro atoms. The van der Waals surface area contributed by atoms with Crippen molar-refractivity contribution < 1.29 is 9.53 Å². The standard InChI is InChI=1S/C18H28O2/c1-5-6-7-8-9-12-20-16(4)18(19)17-13-14(2)10-11-15(17)3/h10-11,13,16H,5-9,12H2,1-4H3. The van der Waals surface area contributed by atoms with Crippen LogP contribution in [0.2, 0.25) is 0 Å². The molecule has 0 N–H and O–H groups in total. The van der Waals surface area contributed by atoms with Crippen LogP contribution >= 0.6 is 0 Å². The lowest BCUT2D eigenvalue weighted by Crippen LogP contribution is -2.22. The second kappa shape index (κ2) is 8.91. The molecule has 0 aromatic heterocycles. The van der Waals surface area contributed by atoms with Crippen LogP contribution in [0.3, 0.4) is 0 Å². The number of hydrogen-bond donors (Lipinski definition) is 0. The summed E-state index contributed by atoms with van der Waals surface area (Å²) in [5.74, 6) is 0.0970. The third-order valence-electron chi connectivity index (χ3n) is 3.64. The molecule has 0 radical (unpaired) electrons. The molecule has 1 atom stereocenters. The van der Waals surface area contributed by atoms with Gasteiger partial charge in [-0.15, -0.1) is 0 Å². The van der Waals surface area contributed by atoms with Crippen molar-refractivity contribution in [2.24, 2.45) is 0 Å². The van der Waals surface area contributed by atoms with Gasteiger partial charge in [-0.2, -0.15) is 0 Å². The van der Waals surface area contributed by atoms with Crippen molar-refractivity contribution in [3.63, 3.8) is 0 Å². The van der Waals surface area contributed by atoms with Crippen molar-refractivity contribution in [2.45, 2.75) is 65.9 Å². The quantitative estimate of drug-likeness (QED) is 0.475. The maximum Gasteiger partial charge on any atom is 0.191 e. The molecule has 0 heterocycles. The van der Waals surface area contributed by atoms with Gasteiger partial charge < -0.3 is 4.74 Å². The number of ketones is 1. The second-order valence-corrected chi connectivity index (χ2v) is 5.61. The van der Waals surface area contributed by atoms with Crippen LogP contribution in [-0.4, -0.2) is 18.5 Å². The molecule has 0 aliphatic rings. The number of unbranched alkanes of at least 4 members (excludes halogenated alkanes) is 4. The van der Waals surface area contributed by atoms with E-state index in [0.717, 1.165) is 23.1 Å². The van der Waals surface area contributed by atoms with Crippen molar-refractivity contribution in [3.05, 3.63) is 34.9 Å². The molecule has 0 bridgehead atoms. The number of carbonyl (C=O) groups is 1. The van der Waals surface area contributed by atoms with E-state index in [1.807, 2.05) is 39.0 Å². The van der Waals surface area contributed by atoms with E-state index in [9.17, 15) is 4.79 Å². The predicted octanol–water partition coefficient (Wildman–Crippen LogP) is 4.86. The Balaban J connectivity index is 2.41. The molecule has 1 aromatic carbocycles. The Morgan fingerprint density at radius 1 is 1.15 bits per heavy atom. The first-order chi connectivity index (χ1) is 9.56. The third kappa shape index (κ3) is 5.46. The summed E-state index contributed by atoms with van der Waals surface area (Å²) < 4.78 is 5.68. The van der Waals surface area contributed by atoms with E-state index >= 15 is 0 Å². The van der Waals surface area contributed by atoms with Gasteiger partial charge in [-0.3, -0.25) is 4.79 Å². The fraction of sp³-hybridized carbons (Fsp3) is 0.611. The largest absolute Gasteiger partial charge is 0.370 e. The molecule has 0 aliphatic carbocycles. The number of ether oxygens (including phenoxy) is 1. The summed E-state index contributed by atoms with van der Waals surface area (Å²) in [6, 6.07) is 5.99.